The summed E-state index contributed by atoms with van der Waals surface area (Å²) in [5, 5.41) is 16.7. The van der Waals surface area contributed by atoms with Crippen LogP contribution in [0.15, 0.2) is 36.7 Å². The number of nitrogens with one attached hydrogen (secondary N) is 1. The van der Waals surface area contributed by atoms with Gasteiger partial charge in [0.1, 0.15) is 5.82 Å². The molecule has 0 fully saturated rings. The fourth-order valence-corrected chi connectivity index (χ4v) is 2.90. The van der Waals surface area contributed by atoms with Crippen molar-refractivity contribution in [3.05, 3.63) is 48.0 Å². The minimum Gasteiger partial charge on any atom is -0.368 e. The summed E-state index contributed by atoms with van der Waals surface area (Å²) in [6.07, 6.45) is 3.75. The second-order valence-electron chi connectivity index (χ2n) is 7.78. The Morgan fingerprint density at radius 1 is 1.12 bits per heavy atom. The molecular weight excluding hydrogens is 312 g/mol. The summed E-state index contributed by atoms with van der Waals surface area (Å²) >= 11 is 0. The molecule has 0 amide bonds. The zero-order chi connectivity index (χ0) is 18.0. The van der Waals surface area contributed by atoms with Gasteiger partial charge in [-0.2, -0.15) is 4.52 Å². The fraction of sp³-hybridized carbons (Fsp3) is 0.474. The number of aromatic nitrogens is 5. The Bertz CT molecular complexity index is 832. The molecule has 3 aromatic heterocycles. The molecule has 0 saturated carbocycles. The molecule has 0 aliphatic heterocycles. The molecule has 3 heterocycles. The number of pyridine rings is 1. The smallest absolute Gasteiger partial charge is 0.178 e. The van der Waals surface area contributed by atoms with Crippen LogP contribution >= 0.6 is 0 Å². The topological polar surface area (TPSA) is 68.0 Å². The number of nitrogens with zero attached hydrogens (tertiary/aromatic N) is 5. The van der Waals surface area contributed by atoms with E-state index in [2.05, 4.69) is 61.2 Å². The second kappa shape index (κ2) is 6.78. The van der Waals surface area contributed by atoms with Gasteiger partial charge in [0.15, 0.2) is 11.5 Å². The van der Waals surface area contributed by atoms with Gasteiger partial charge in [-0.1, -0.05) is 40.7 Å². The van der Waals surface area contributed by atoms with Crippen LogP contribution < -0.4 is 5.32 Å². The molecule has 1 unspecified atom stereocenters. The van der Waals surface area contributed by atoms with Crippen molar-refractivity contribution in [2.45, 2.75) is 46.0 Å². The maximum atomic E-state index is 4.69. The van der Waals surface area contributed by atoms with Crippen LogP contribution in [-0.2, 0) is 5.41 Å². The summed E-state index contributed by atoms with van der Waals surface area (Å²) < 4.78 is 1.83. The van der Waals surface area contributed by atoms with Gasteiger partial charge in [0, 0.05) is 30.3 Å². The molecule has 3 rings (SSSR count). The fourth-order valence-electron chi connectivity index (χ4n) is 2.90. The summed E-state index contributed by atoms with van der Waals surface area (Å²) in [5.74, 6) is 2.56. The number of fused-ring (bicyclic) bond motifs is 1. The molecule has 1 atom stereocenters. The standard InChI is InChI=1S/C19H26N6/c1-13(2)15(14-7-6-10-20-11-14)12-21-16-8-9-17-22-23-18(19(3,4)5)25(17)24-16/h6-11,13,15H,12H2,1-5H3,(H,21,24). The van der Waals surface area contributed by atoms with E-state index in [0.717, 1.165) is 23.8 Å². The molecule has 0 spiro atoms. The first-order valence-electron chi connectivity index (χ1n) is 8.73. The highest BCUT2D eigenvalue weighted by Crippen LogP contribution is 2.24. The largest absolute Gasteiger partial charge is 0.368 e. The van der Waals surface area contributed by atoms with E-state index in [-0.39, 0.29) is 5.41 Å². The maximum Gasteiger partial charge on any atom is 0.178 e. The molecular formula is C19H26N6. The van der Waals surface area contributed by atoms with Gasteiger partial charge in [0.2, 0.25) is 0 Å². The molecule has 0 bridgehead atoms. The molecule has 25 heavy (non-hydrogen) atoms. The van der Waals surface area contributed by atoms with Crippen LogP contribution in [0, 0.1) is 5.92 Å². The predicted molar refractivity (Wildman–Crippen MR) is 99.8 cm³/mol. The van der Waals surface area contributed by atoms with Crippen molar-refractivity contribution >= 4 is 11.5 Å². The third-order valence-electron chi connectivity index (χ3n) is 4.35. The van der Waals surface area contributed by atoms with Crippen LogP contribution in [0.3, 0.4) is 0 Å². The van der Waals surface area contributed by atoms with Gasteiger partial charge >= 0.3 is 0 Å². The number of hydrogen-bond acceptors (Lipinski definition) is 5. The van der Waals surface area contributed by atoms with Crippen molar-refractivity contribution < 1.29 is 0 Å². The van der Waals surface area contributed by atoms with Gasteiger partial charge in [0.25, 0.3) is 0 Å². The minimum absolute atomic E-state index is 0.110. The SMILES string of the molecule is CC(C)C(CNc1ccc2nnc(C(C)(C)C)n2n1)c1cccnc1. The van der Waals surface area contributed by atoms with Crippen molar-refractivity contribution in [1.82, 2.24) is 24.8 Å². The van der Waals surface area contributed by atoms with Crippen LogP contribution in [0.4, 0.5) is 5.82 Å². The minimum atomic E-state index is -0.110. The van der Waals surface area contributed by atoms with Gasteiger partial charge in [0.05, 0.1) is 0 Å². The molecule has 0 saturated heterocycles. The van der Waals surface area contributed by atoms with Crippen LogP contribution in [0.1, 0.15) is 51.9 Å². The number of rotatable bonds is 5. The maximum absolute atomic E-state index is 4.69. The molecule has 3 aromatic rings. The first-order chi connectivity index (χ1) is 11.9. The Balaban J connectivity index is 1.83. The van der Waals surface area contributed by atoms with Crippen LogP contribution in [0.2, 0.25) is 0 Å². The Morgan fingerprint density at radius 2 is 1.92 bits per heavy atom. The monoisotopic (exact) mass is 338 g/mol. The van der Waals surface area contributed by atoms with E-state index in [4.69, 9.17) is 5.10 Å². The van der Waals surface area contributed by atoms with E-state index in [1.165, 1.54) is 5.56 Å². The molecule has 1 N–H and O–H groups in total. The molecule has 6 heteroatoms. The van der Waals surface area contributed by atoms with Crippen LogP contribution in [-0.4, -0.2) is 31.3 Å². The molecule has 0 aliphatic carbocycles. The van der Waals surface area contributed by atoms with Gasteiger partial charge in [-0.15, -0.1) is 15.3 Å². The van der Waals surface area contributed by atoms with Crippen molar-refractivity contribution in [3.63, 3.8) is 0 Å². The number of hydrogen-bond donors (Lipinski definition) is 1. The summed E-state index contributed by atoms with van der Waals surface area (Å²) in [6, 6.07) is 8.03. The van der Waals surface area contributed by atoms with Gasteiger partial charge in [-0.25, -0.2) is 0 Å². The second-order valence-corrected chi connectivity index (χ2v) is 7.78. The third-order valence-corrected chi connectivity index (χ3v) is 4.35. The van der Waals surface area contributed by atoms with Crippen molar-refractivity contribution in [3.8, 4) is 0 Å². The lowest BCUT2D eigenvalue weighted by Crippen LogP contribution is -2.20. The van der Waals surface area contributed by atoms with Gasteiger partial charge in [-0.05, 0) is 29.7 Å². The van der Waals surface area contributed by atoms with Crippen molar-refractivity contribution in [2.24, 2.45) is 5.92 Å². The highest BCUT2D eigenvalue weighted by Gasteiger charge is 2.22. The quantitative estimate of drug-likeness (QED) is 0.769. The zero-order valence-corrected chi connectivity index (χ0v) is 15.6. The Labute approximate surface area is 148 Å². The first-order valence-corrected chi connectivity index (χ1v) is 8.73. The Hall–Kier alpha value is -2.50. The van der Waals surface area contributed by atoms with Gasteiger partial charge in [-0.3, -0.25) is 4.98 Å². The summed E-state index contributed by atoms with van der Waals surface area (Å²) in [4.78, 5) is 4.25. The van der Waals surface area contributed by atoms with Gasteiger partial charge < -0.3 is 5.32 Å². The van der Waals surface area contributed by atoms with Crippen molar-refractivity contribution in [1.29, 1.82) is 0 Å². The van der Waals surface area contributed by atoms with E-state index < -0.39 is 0 Å². The summed E-state index contributed by atoms with van der Waals surface area (Å²) in [5.41, 5.74) is 1.90. The van der Waals surface area contributed by atoms with Crippen LogP contribution in [0.25, 0.3) is 5.65 Å². The van der Waals surface area contributed by atoms with Crippen molar-refractivity contribution in [2.75, 3.05) is 11.9 Å². The van der Waals surface area contributed by atoms with E-state index in [9.17, 15) is 0 Å². The molecule has 0 aromatic carbocycles. The molecule has 0 radical (unpaired) electrons. The average molecular weight is 338 g/mol. The summed E-state index contributed by atoms with van der Waals surface area (Å²) in [6.45, 7) is 11.6. The molecule has 6 nitrogen and oxygen atoms in total. The highest BCUT2D eigenvalue weighted by molar-refractivity contribution is 5.44. The third kappa shape index (κ3) is 3.78. The van der Waals surface area contributed by atoms with E-state index in [1.807, 2.05) is 35.1 Å². The van der Waals surface area contributed by atoms with E-state index >= 15 is 0 Å². The average Bonchev–Trinajstić information content (AvgIpc) is 2.99. The summed E-state index contributed by atoms with van der Waals surface area (Å²) in [7, 11) is 0. The molecule has 0 aliphatic rings. The molecule has 132 valence electrons. The highest BCUT2D eigenvalue weighted by atomic mass is 15.4. The zero-order valence-electron chi connectivity index (χ0n) is 15.6. The predicted octanol–water partition coefficient (Wildman–Crippen LogP) is 3.67. The lowest BCUT2D eigenvalue weighted by Gasteiger charge is -2.22. The first kappa shape index (κ1) is 17.3. The lowest BCUT2D eigenvalue weighted by molar-refractivity contribution is 0.513. The van der Waals surface area contributed by atoms with E-state index in [1.54, 1.807) is 0 Å². The Kier molecular flexibility index (Phi) is 4.70. The lowest BCUT2D eigenvalue weighted by atomic mass is 9.89. The Morgan fingerprint density at radius 3 is 2.56 bits per heavy atom. The van der Waals surface area contributed by atoms with E-state index in [0.29, 0.717) is 11.8 Å². The number of anilines is 1. The van der Waals surface area contributed by atoms with Crippen LogP contribution in [0.5, 0.6) is 0 Å². The normalized spacial score (nSPS) is 13.4.